The van der Waals surface area contributed by atoms with Gasteiger partial charge in [-0.2, -0.15) is 0 Å². The van der Waals surface area contributed by atoms with E-state index in [-0.39, 0.29) is 10.8 Å². The normalized spacial score (nSPS) is 11.8. The van der Waals surface area contributed by atoms with E-state index in [0.717, 1.165) is 21.8 Å². The number of rotatable bonds is 10. The highest BCUT2D eigenvalue weighted by Gasteiger charge is 2.22. The zero-order valence-electron chi connectivity index (χ0n) is 22.2. The van der Waals surface area contributed by atoms with Crippen LogP contribution in [0.2, 0.25) is 0 Å². The van der Waals surface area contributed by atoms with Crippen molar-refractivity contribution in [3.8, 4) is 11.5 Å². The molecule has 8 heteroatoms. The summed E-state index contributed by atoms with van der Waals surface area (Å²) >= 11 is 1.38. The van der Waals surface area contributed by atoms with Gasteiger partial charge in [-0.1, -0.05) is 66.2 Å². The number of aryl methyl sites for hydroxylation is 1. The lowest BCUT2D eigenvalue weighted by atomic mass is 10.1. The average molecular weight is 581 g/mol. The lowest BCUT2D eigenvalue weighted by molar-refractivity contribution is -0.115. The van der Waals surface area contributed by atoms with Crippen LogP contribution in [0.5, 0.6) is 11.5 Å². The lowest BCUT2D eigenvalue weighted by Crippen LogP contribution is -2.19. The van der Waals surface area contributed by atoms with E-state index in [1.54, 1.807) is 60.7 Å². The summed E-state index contributed by atoms with van der Waals surface area (Å²) in [5.41, 5.74) is 2.92. The van der Waals surface area contributed by atoms with E-state index >= 15 is 0 Å². The molecule has 0 aromatic heterocycles. The molecule has 0 saturated carbocycles. The first-order valence-electron chi connectivity index (χ1n) is 12.9. The third kappa shape index (κ3) is 7.57. The number of hydrogen-bond acceptors (Lipinski definition) is 5. The smallest absolute Gasteiger partial charge is 0.261 e. The van der Waals surface area contributed by atoms with E-state index in [1.807, 2.05) is 79.7 Å². The van der Waals surface area contributed by atoms with E-state index in [1.165, 1.54) is 11.8 Å². The summed E-state index contributed by atoms with van der Waals surface area (Å²) in [6.07, 6.45) is 0. The number of ether oxygens (including phenoxy) is 1. The highest BCUT2D eigenvalue weighted by molar-refractivity contribution is 8.00. The van der Waals surface area contributed by atoms with E-state index in [0.29, 0.717) is 17.1 Å². The standard InChI is InChI=1S/C33H28N2O4S2/c1-24-12-22-31(23-13-24)41(37,38)35-27-16-20-30(21-17-27)40-32(25-8-4-2-5-9-25)33(36)34-26-14-18-29(19-15-26)39-28-10-6-3-7-11-28/h2-23,32,35H,1H3,(H,34,36). The Hall–Kier alpha value is -4.53. The summed E-state index contributed by atoms with van der Waals surface area (Å²) < 4.78 is 34.0. The molecule has 5 aromatic carbocycles. The molecule has 41 heavy (non-hydrogen) atoms. The lowest BCUT2D eigenvalue weighted by Gasteiger charge is -2.18. The summed E-state index contributed by atoms with van der Waals surface area (Å²) in [6.45, 7) is 1.90. The van der Waals surface area contributed by atoms with Crippen LogP contribution < -0.4 is 14.8 Å². The van der Waals surface area contributed by atoms with Gasteiger partial charge in [0.2, 0.25) is 5.91 Å². The molecular weight excluding hydrogens is 553 g/mol. The van der Waals surface area contributed by atoms with Crippen molar-refractivity contribution in [2.75, 3.05) is 10.0 Å². The molecule has 1 unspecified atom stereocenters. The molecule has 0 spiro atoms. The molecular formula is C33H28N2O4S2. The Kier molecular flexibility index (Phi) is 8.72. The van der Waals surface area contributed by atoms with E-state index < -0.39 is 15.3 Å². The van der Waals surface area contributed by atoms with Gasteiger partial charge in [0.05, 0.1) is 4.90 Å². The molecule has 0 saturated heterocycles. The van der Waals surface area contributed by atoms with Crippen molar-refractivity contribution in [2.45, 2.75) is 22.0 Å². The SMILES string of the molecule is Cc1ccc(S(=O)(=O)Nc2ccc(SC(C(=O)Nc3ccc(Oc4ccccc4)cc3)c3ccccc3)cc2)cc1. The van der Waals surface area contributed by atoms with Crippen LogP contribution in [0.15, 0.2) is 143 Å². The van der Waals surface area contributed by atoms with Crippen LogP contribution in [0.1, 0.15) is 16.4 Å². The van der Waals surface area contributed by atoms with Gasteiger partial charge in [-0.05, 0) is 85.3 Å². The van der Waals surface area contributed by atoms with Gasteiger partial charge in [0.15, 0.2) is 0 Å². The second-order valence-electron chi connectivity index (χ2n) is 9.28. The second kappa shape index (κ2) is 12.8. The van der Waals surface area contributed by atoms with Crippen molar-refractivity contribution >= 4 is 39.1 Å². The molecule has 0 aliphatic rings. The summed E-state index contributed by atoms with van der Waals surface area (Å²) in [4.78, 5) is 14.5. The Balaban J connectivity index is 1.28. The fraction of sp³-hybridized carbons (Fsp3) is 0.0606. The quantitative estimate of drug-likeness (QED) is 0.163. The van der Waals surface area contributed by atoms with Gasteiger partial charge in [0.1, 0.15) is 16.7 Å². The third-order valence-corrected chi connectivity index (χ3v) is 8.80. The Morgan fingerprint density at radius 2 is 1.24 bits per heavy atom. The van der Waals surface area contributed by atoms with Crippen LogP contribution in [-0.4, -0.2) is 14.3 Å². The number of thioether (sulfide) groups is 1. The molecule has 0 heterocycles. The topological polar surface area (TPSA) is 84.5 Å². The fourth-order valence-corrected chi connectivity index (χ4v) is 6.09. The minimum atomic E-state index is -3.71. The van der Waals surface area contributed by atoms with Crippen molar-refractivity contribution in [3.63, 3.8) is 0 Å². The van der Waals surface area contributed by atoms with Crippen LogP contribution in [0, 0.1) is 6.92 Å². The monoisotopic (exact) mass is 580 g/mol. The van der Waals surface area contributed by atoms with Crippen LogP contribution >= 0.6 is 11.8 Å². The van der Waals surface area contributed by atoms with E-state index in [2.05, 4.69) is 10.0 Å². The van der Waals surface area contributed by atoms with Crippen molar-refractivity contribution < 1.29 is 17.9 Å². The third-order valence-electron chi connectivity index (χ3n) is 6.13. The molecule has 5 aromatic rings. The Morgan fingerprint density at radius 1 is 0.683 bits per heavy atom. The minimum absolute atomic E-state index is 0.179. The van der Waals surface area contributed by atoms with Crippen molar-refractivity contribution in [1.29, 1.82) is 0 Å². The first kappa shape index (κ1) is 28.0. The van der Waals surface area contributed by atoms with Crippen LogP contribution in [-0.2, 0) is 14.8 Å². The van der Waals surface area contributed by atoms with Gasteiger partial charge in [-0.25, -0.2) is 8.42 Å². The first-order valence-corrected chi connectivity index (χ1v) is 15.3. The van der Waals surface area contributed by atoms with Crippen LogP contribution in [0.25, 0.3) is 0 Å². The highest BCUT2D eigenvalue weighted by Crippen LogP contribution is 2.37. The fourth-order valence-electron chi connectivity index (χ4n) is 4.01. The highest BCUT2D eigenvalue weighted by atomic mass is 32.2. The van der Waals surface area contributed by atoms with Crippen LogP contribution in [0.4, 0.5) is 11.4 Å². The summed E-state index contributed by atoms with van der Waals surface area (Å²) in [7, 11) is -3.71. The molecule has 2 N–H and O–H groups in total. The number of sulfonamides is 1. The molecule has 0 fully saturated rings. The van der Waals surface area contributed by atoms with Gasteiger partial charge in [-0.3, -0.25) is 9.52 Å². The number of hydrogen-bond donors (Lipinski definition) is 2. The van der Waals surface area contributed by atoms with Gasteiger partial charge < -0.3 is 10.1 Å². The number of carbonyl (C=O) groups excluding carboxylic acids is 1. The molecule has 1 amide bonds. The zero-order chi connectivity index (χ0) is 28.7. The van der Waals surface area contributed by atoms with Gasteiger partial charge in [-0.15, -0.1) is 11.8 Å². The Bertz CT molecular complexity index is 1690. The van der Waals surface area contributed by atoms with Crippen molar-refractivity contribution in [2.24, 2.45) is 0 Å². The van der Waals surface area contributed by atoms with Gasteiger partial charge >= 0.3 is 0 Å². The van der Waals surface area contributed by atoms with E-state index in [4.69, 9.17) is 4.74 Å². The number of benzene rings is 5. The number of amides is 1. The number of nitrogens with one attached hydrogen (secondary N) is 2. The molecule has 5 rings (SSSR count). The predicted octanol–water partition coefficient (Wildman–Crippen LogP) is 8.06. The van der Waals surface area contributed by atoms with Crippen molar-refractivity contribution in [3.05, 3.63) is 145 Å². The molecule has 0 aliphatic carbocycles. The molecule has 0 radical (unpaired) electrons. The first-order chi connectivity index (χ1) is 19.9. The largest absolute Gasteiger partial charge is 0.457 e. The molecule has 0 aliphatic heterocycles. The minimum Gasteiger partial charge on any atom is -0.457 e. The summed E-state index contributed by atoms with van der Waals surface area (Å²) in [5, 5.41) is 2.47. The Labute approximate surface area is 244 Å². The maximum absolute atomic E-state index is 13.5. The van der Waals surface area contributed by atoms with Crippen molar-refractivity contribution in [1.82, 2.24) is 0 Å². The number of para-hydroxylation sites is 1. The maximum Gasteiger partial charge on any atom is 0.261 e. The molecule has 1 atom stereocenters. The predicted molar refractivity (Wildman–Crippen MR) is 165 cm³/mol. The maximum atomic E-state index is 13.5. The summed E-state index contributed by atoms with van der Waals surface area (Å²) in [5.74, 6) is 1.22. The second-order valence-corrected chi connectivity index (χ2v) is 12.1. The number of carbonyl (C=O) groups is 1. The van der Waals surface area contributed by atoms with Gasteiger partial charge in [0.25, 0.3) is 10.0 Å². The molecule has 206 valence electrons. The zero-order valence-corrected chi connectivity index (χ0v) is 23.9. The average Bonchev–Trinajstić information content (AvgIpc) is 2.99. The molecule has 0 bridgehead atoms. The summed E-state index contributed by atoms with van der Waals surface area (Å²) in [6, 6.07) is 39.9. The van der Waals surface area contributed by atoms with E-state index in [9.17, 15) is 13.2 Å². The number of anilines is 2. The van der Waals surface area contributed by atoms with Crippen LogP contribution in [0.3, 0.4) is 0 Å². The molecule has 6 nitrogen and oxygen atoms in total. The Morgan fingerprint density at radius 3 is 1.88 bits per heavy atom. The van der Waals surface area contributed by atoms with Gasteiger partial charge in [0, 0.05) is 16.3 Å².